The molecule has 5 nitrogen and oxygen atoms in total. The zero-order valence-corrected chi connectivity index (χ0v) is 15.1. The predicted molar refractivity (Wildman–Crippen MR) is 105 cm³/mol. The number of benzene rings is 2. The van der Waals surface area contributed by atoms with Gasteiger partial charge in [0.05, 0.1) is 0 Å². The summed E-state index contributed by atoms with van der Waals surface area (Å²) in [4.78, 5) is 26.0. The highest BCUT2D eigenvalue weighted by Gasteiger charge is 2.23. The Morgan fingerprint density at radius 1 is 1.12 bits per heavy atom. The summed E-state index contributed by atoms with van der Waals surface area (Å²) in [6.07, 6.45) is 2.97. The van der Waals surface area contributed by atoms with Gasteiger partial charge in [-0.1, -0.05) is 37.3 Å². The Hall–Kier alpha value is -2.82. The van der Waals surface area contributed by atoms with E-state index in [1.54, 1.807) is 0 Å². The number of nitrogens with one attached hydrogen (secondary N) is 2. The summed E-state index contributed by atoms with van der Waals surface area (Å²) in [6, 6.07) is 15.6. The first-order valence-electron chi connectivity index (χ1n) is 9.19. The number of anilines is 2. The summed E-state index contributed by atoms with van der Waals surface area (Å²) in [6.45, 7) is 3.38. The third-order valence-electron chi connectivity index (χ3n) is 4.53. The third kappa shape index (κ3) is 4.42. The summed E-state index contributed by atoms with van der Waals surface area (Å²) in [7, 11) is 0. The van der Waals surface area contributed by atoms with E-state index >= 15 is 0 Å². The SMILES string of the molecule is CCCN1C(=O)CCc2cc(NC(=O)NCCc3ccccc3)ccc21. The molecule has 1 aliphatic heterocycles. The number of nitrogens with zero attached hydrogens (tertiary/aromatic N) is 1. The molecule has 5 heteroatoms. The second kappa shape index (κ2) is 8.52. The average molecular weight is 351 g/mol. The van der Waals surface area contributed by atoms with Crippen LogP contribution in [0.5, 0.6) is 0 Å². The number of rotatable bonds is 6. The Balaban J connectivity index is 1.57. The summed E-state index contributed by atoms with van der Waals surface area (Å²) < 4.78 is 0. The van der Waals surface area contributed by atoms with Gasteiger partial charge >= 0.3 is 6.03 Å². The molecular formula is C21H25N3O2. The zero-order chi connectivity index (χ0) is 18.4. The molecule has 2 N–H and O–H groups in total. The minimum Gasteiger partial charge on any atom is -0.338 e. The number of hydrogen-bond donors (Lipinski definition) is 2. The van der Waals surface area contributed by atoms with Crippen LogP contribution >= 0.6 is 0 Å². The highest BCUT2D eigenvalue weighted by molar-refractivity contribution is 5.97. The topological polar surface area (TPSA) is 61.4 Å². The fourth-order valence-corrected chi connectivity index (χ4v) is 3.25. The minimum atomic E-state index is -0.210. The van der Waals surface area contributed by atoms with E-state index in [4.69, 9.17) is 0 Å². The maximum absolute atomic E-state index is 12.1. The van der Waals surface area contributed by atoms with Gasteiger partial charge in [-0.25, -0.2) is 4.79 Å². The largest absolute Gasteiger partial charge is 0.338 e. The van der Waals surface area contributed by atoms with Crippen molar-refractivity contribution in [1.82, 2.24) is 5.32 Å². The summed E-state index contributed by atoms with van der Waals surface area (Å²) in [5.41, 5.74) is 4.03. The van der Waals surface area contributed by atoms with Gasteiger partial charge in [0.2, 0.25) is 5.91 Å². The molecular weight excluding hydrogens is 326 g/mol. The fourth-order valence-electron chi connectivity index (χ4n) is 3.25. The number of carbonyl (C=O) groups excluding carboxylic acids is 2. The van der Waals surface area contributed by atoms with Crippen molar-refractivity contribution in [2.24, 2.45) is 0 Å². The Morgan fingerprint density at radius 3 is 2.69 bits per heavy atom. The summed E-state index contributed by atoms with van der Waals surface area (Å²) >= 11 is 0. The van der Waals surface area contributed by atoms with Crippen LogP contribution in [0.15, 0.2) is 48.5 Å². The molecule has 0 fully saturated rings. The van der Waals surface area contributed by atoms with E-state index in [1.165, 1.54) is 5.56 Å². The van der Waals surface area contributed by atoms with Crippen LogP contribution in [0, 0.1) is 0 Å². The molecule has 3 rings (SSSR count). The predicted octanol–water partition coefficient (Wildman–Crippen LogP) is 3.74. The standard InChI is InChI=1S/C21H25N3O2/c1-2-14-24-19-10-9-18(15-17(19)8-11-20(24)25)23-21(26)22-13-12-16-6-4-3-5-7-16/h3-7,9-10,15H,2,8,11-14H2,1H3,(H2,22,23,26). The Morgan fingerprint density at radius 2 is 1.92 bits per heavy atom. The highest BCUT2D eigenvalue weighted by Crippen LogP contribution is 2.30. The van der Waals surface area contributed by atoms with Gasteiger partial charge < -0.3 is 15.5 Å². The van der Waals surface area contributed by atoms with Crippen LogP contribution in [0.3, 0.4) is 0 Å². The van der Waals surface area contributed by atoms with E-state index in [0.717, 1.165) is 42.7 Å². The first-order valence-corrected chi connectivity index (χ1v) is 9.19. The normalized spacial score (nSPS) is 13.3. The number of carbonyl (C=O) groups is 2. The molecule has 0 aromatic heterocycles. The molecule has 0 aliphatic carbocycles. The van der Waals surface area contributed by atoms with Gasteiger partial charge in [0.1, 0.15) is 0 Å². The molecule has 2 aromatic rings. The molecule has 0 radical (unpaired) electrons. The maximum Gasteiger partial charge on any atom is 0.319 e. The molecule has 26 heavy (non-hydrogen) atoms. The van der Waals surface area contributed by atoms with Crippen LogP contribution in [0.2, 0.25) is 0 Å². The van der Waals surface area contributed by atoms with Gasteiger partial charge in [0.25, 0.3) is 0 Å². The first-order chi connectivity index (χ1) is 12.7. The second-order valence-corrected chi connectivity index (χ2v) is 6.51. The number of urea groups is 1. The van der Waals surface area contributed by atoms with Crippen LogP contribution in [-0.2, 0) is 17.6 Å². The second-order valence-electron chi connectivity index (χ2n) is 6.51. The lowest BCUT2D eigenvalue weighted by atomic mass is 10.00. The van der Waals surface area contributed by atoms with Crippen molar-refractivity contribution in [3.63, 3.8) is 0 Å². The van der Waals surface area contributed by atoms with E-state index < -0.39 is 0 Å². The smallest absolute Gasteiger partial charge is 0.319 e. The number of amides is 3. The van der Waals surface area contributed by atoms with E-state index in [2.05, 4.69) is 17.6 Å². The van der Waals surface area contributed by atoms with Gasteiger partial charge in [-0.15, -0.1) is 0 Å². The minimum absolute atomic E-state index is 0.179. The number of fused-ring (bicyclic) bond motifs is 1. The van der Waals surface area contributed by atoms with Gasteiger partial charge in [-0.3, -0.25) is 4.79 Å². The molecule has 3 amide bonds. The van der Waals surface area contributed by atoms with Crippen molar-refractivity contribution in [2.45, 2.75) is 32.6 Å². The molecule has 2 aromatic carbocycles. The van der Waals surface area contributed by atoms with Crippen LogP contribution in [0.4, 0.5) is 16.2 Å². The molecule has 0 bridgehead atoms. The van der Waals surface area contributed by atoms with Crippen molar-refractivity contribution in [2.75, 3.05) is 23.3 Å². The lowest BCUT2D eigenvalue weighted by Gasteiger charge is -2.29. The van der Waals surface area contributed by atoms with Crippen LogP contribution in [0.25, 0.3) is 0 Å². The lowest BCUT2D eigenvalue weighted by Crippen LogP contribution is -2.35. The van der Waals surface area contributed by atoms with Gasteiger partial charge in [-0.2, -0.15) is 0 Å². The van der Waals surface area contributed by atoms with Crippen molar-refractivity contribution in [3.05, 3.63) is 59.7 Å². The van der Waals surface area contributed by atoms with Crippen LogP contribution in [0.1, 0.15) is 30.9 Å². The van der Waals surface area contributed by atoms with Crippen molar-refractivity contribution >= 4 is 23.3 Å². The van der Waals surface area contributed by atoms with Crippen molar-refractivity contribution in [3.8, 4) is 0 Å². The zero-order valence-electron chi connectivity index (χ0n) is 15.1. The van der Waals surface area contributed by atoms with Crippen molar-refractivity contribution < 1.29 is 9.59 Å². The number of aryl methyl sites for hydroxylation is 1. The molecule has 0 spiro atoms. The first kappa shape index (κ1) is 18.0. The molecule has 0 atom stereocenters. The molecule has 1 aliphatic rings. The fraction of sp³-hybridized carbons (Fsp3) is 0.333. The van der Waals surface area contributed by atoms with Gasteiger partial charge in [0.15, 0.2) is 0 Å². The van der Waals surface area contributed by atoms with E-state index in [-0.39, 0.29) is 11.9 Å². The lowest BCUT2D eigenvalue weighted by molar-refractivity contribution is -0.118. The molecule has 0 saturated carbocycles. The molecule has 0 saturated heterocycles. The van der Waals surface area contributed by atoms with E-state index in [1.807, 2.05) is 53.4 Å². The van der Waals surface area contributed by atoms with E-state index in [9.17, 15) is 9.59 Å². The summed E-state index contributed by atoms with van der Waals surface area (Å²) in [5.74, 6) is 0.179. The van der Waals surface area contributed by atoms with Crippen molar-refractivity contribution in [1.29, 1.82) is 0 Å². The molecule has 136 valence electrons. The van der Waals surface area contributed by atoms with Gasteiger partial charge in [0, 0.05) is 30.9 Å². The average Bonchev–Trinajstić information content (AvgIpc) is 2.65. The Bertz CT molecular complexity index is 774. The summed E-state index contributed by atoms with van der Waals surface area (Å²) in [5, 5.41) is 5.76. The quantitative estimate of drug-likeness (QED) is 0.833. The highest BCUT2D eigenvalue weighted by atomic mass is 16.2. The van der Waals surface area contributed by atoms with Gasteiger partial charge in [-0.05, 0) is 48.6 Å². The Labute approximate surface area is 154 Å². The third-order valence-corrected chi connectivity index (χ3v) is 4.53. The maximum atomic E-state index is 12.1. The van der Waals surface area contributed by atoms with E-state index in [0.29, 0.717) is 13.0 Å². The van der Waals surface area contributed by atoms with Crippen LogP contribution < -0.4 is 15.5 Å². The van der Waals surface area contributed by atoms with Crippen LogP contribution in [-0.4, -0.2) is 25.0 Å². The molecule has 0 unspecified atom stereocenters. The molecule has 1 heterocycles. The Kier molecular flexibility index (Phi) is 5.89. The monoisotopic (exact) mass is 351 g/mol. The number of hydrogen-bond acceptors (Lipinski definition) is 2.